The normalized spacial score (nSPS) is 22.0. The molecule has 3 aromatic carbocycles. The number of β-lactam (4-membered cyclic amide) rings is 1. The molecule has 0 spiro atoms. The van der Waals surface area contributed by atoms with E-state index >= 15 is 0 Å². The molecule has 3 atom stereocenters. The fraction of sp³-hybridized carbons (Fsp3) is 0.207. The van der Waals surface area contributed by atoms with Crippen molar-refractivity contribution in [1.82, 2.24) is 4.90 Å². The average molecular weight is 672 g/mol. The van der Waals surface area contributed by atoms with Crippen LogP contribution in [0.25, 0.3) is 0 Å². The molecule has 0 radical (unpaired) electrons. The van der Waals surface area contributed by atoms with Crippen LogP contribution in [-0.2, 0) is 36.0 Å². The Morgan fingerprint density at radius 1 is 1.02 bits per heavy atom. The number of nitro groups is 1. The van der Waals surface area contributed by atoms with Gasteiger partial charge in [-0.2, -0.15) is 0 Å². The lowest BCUT2D eigenvalue weighted by atomic mass is 9.59. The molecule has 2 heterocycles. The van der Waals surface area contributed by atoms with Crippen LogP contribution in [0, 0.1) is 10.1 Å². The average Bonchev–Trinajstić information content (AvgIpc) is 3.00. The number of nitrogens with zero attached hydrogens (tertiary/aromatic N) is 2. The molecule has 2 aliphatic rings. The first kappa shape index (κ1) is 29.7. The number of amides is 1. The number of carbonyl (C=O) groups is 3. The largest absolute Gasteiger partial charge is 0.508 e. The van der Waals surface area contributed by atoms with Crippen LogP contribution in [-0.4, -0.2) is 44.4 Å². The van der Waals surface area contributed by atoms with Gasteiger partial charge in [-0.3, -0.25) is 19.8 Å². The van der Waals surface area contributed by atoms with Crippen molar-refractivity contribution in [3.8, 4) is 0 Å². The Labute approximate surface area is 256 Å². The van der Waals surface area contributed by atoms with Crippen molar-refractivity contribution in [1.29, 1.82) is 0 Å². The van der Waals surface area contributed by atoms with Gasteiger partial charge in [0.2, 0.25) is 5.91 Å². The highest BCUT2D eigenvalue weighted by Crippen LogP contribution is 2.71. The van der Waals surface area contributed by atoms with Crippen molar-refractivity contribution in [2.45, 2.75) is 29.9 Å². The monoisotopic (exact) mass is 670 g/mol. The summed E-state index contributed by atoms with van der Waals surface area (Å²) in [5.74, 6) is -1.78. The van der Waals surface area contributed by atoms with E-state index in [1.165, 1.54) is 50.8 Å². The molecule has 0 bridgehead atoms. The van der Waals surface area contributed by atoms with E-state index in [9.17, 15) is 29.6 Å². The number of benzene rings is 3. The lowest BCUT2D eigenvalue weighted by molar-refractivity contribution is -0.384. The second kappa shape index (κ2) is 11.8. The molecule has 5 rings (SSSR count). The number of hydrogen-bond donors (Lipinski definition) is 1. The van der Waals surface area contributed by atoms with Gasteiger partial charge >= 0.3 is 12.1 Å². The summed E-state index contributed by atoms with van der Waals surface area (Å²) in [6.45, 7) is 1.38. The molecular formula is C29H23BrN2O8S2. The molecule has 1 amide bonds. The van der Waals surface area contributed by atoms with Crippen molar-refractivity contribution in [2.24, 2.45) is 0 Å². The number of rotatable bonds is 9. The Balaban J connectivity index is 1.55. The molecule has 10 nitrogen and oxygen atoms in total. The van der Waals surface area contributed by atoms with E-state index < -0.39 is 39.3 Å². The Morgan fingerprint density at radius 3 is 2.17 bits per heavy atom. The second-order valence-corrected chi connectivity index (χ2v) is 12.4. The number of aliphatic carboxylic acids is 1. The highest BCUT2D eigenvalue weighted by molar-refractivity contribution is 9.09. The maximum atomic E-state index is 14.5. The minimum absolute atomic E-state index is 0.0975. The number of ether oxygens (including phenoxy) is 2. The molecule has 13 heteroatoms. The molecule has 0 aromatic heterocycles. The predicted molar refractivity (Wildman–Crippen MR) is 161 cm³/mol. The molecule has 1 saturated heterocycles. The smallest absolute Gasteiger partial charge is 0.477 e. The van der Waals surface area contributed by atoms with E-state index in [2.05, 4.69) is 15.9 Å². The van der Waals surface area contributed by atoms with Gasteiger partial charge < -0.3 is 14.6 Å². The van der Waals surface area contributed by atoms with Crippen LogP contribution < -0.4 is 0 Å². The zero-order valence-electron chi connectivity index (χ0n) is 22.0. The summed E-state index contributed by atoms with van der Waals surface area (Å²) in [6.07, 6.45) is -2.16. The van der Waals surface area contributed by atoms with Crippen molar-refractivity contribution in [3.63, 3.8) is 0 Å². The fourth-order valence-corrected chi connectivity index (χ4v) is 9.98. The first-order valence-corrected chi connectivity index (χ1v) is 15.9. The van der Waals surface area contributed by atoms with Crippen LogP contribution in [0.1, 0.15) is 23.6 Å². The number of hydrogen-bond acceptors (Lipinski definition) is 9. The van der Waals surface area contributed by atoms with Crippen LogP contribution in [0.4, 0.5) is 10.5 Å². The van der Waals surface area contributed by atoms with Gasteiger partial charge in [-0.05, 0) is 35.7 Å². The van der Waals surface area contributed by atoms with Crippen LogP contribution in [0.2, 0.25) is 0 Å². The summed E-state index contributed by atoms with van der Waals surface area (Å²) in [5.41, 5.74) is -0.0481. The molecule has 2 aliphatic heterocycles. The molecular weight excluding hydrogens is 648 g/mol. The lowest BCUT2D eigenvalue weighted by Crippen LogP contribution is -2.80. The van der Waals surface area contributed by atoms with Gasteiger partial charge in [-0.25, -0.2) is 9.59 Å². The highest BCUT2D eigenvalue weighted by Gasteiger charge is 2.79. The number of halogens is 1. The minimum Gasteiger partial charge on any atom is -0.477 e. The molecule has 1 N–H and O–H groups in total. The van der Waals surface area contributed by atoms with Gasteiger partial charge in [-0.15, -0.1) is 0 Å². The van der Waals surface area contributed by atoms with E-state index in [1.807, 2.05) is 18.2 Å². The molecule has 216 valence electrons. The fourth-order valence-electron chi connectivity index (χ4n) is 5.42. The standard InChI is InChI=1S/C29H23BrN2O8S2/c1-18(40-27(36)39-17-19-12-14-22(15-13-19)32(37)38)28(20-8-4-2-5-9-20)26(35)31-24(25(33)34)23(16-30)41-42-29(28,31)21-10-6-3-7-11-21/h2-15,18H,16-17H2,1H3,(H,33,34)/t18-,28-,29-/m1/s1. The maximum absolute atomic E-state index is 14.5. The van der Waals surface area contributed by atoms with E-state index in [4.69, 9.17) is 9.47 Å². The number of nitro benzene ring substituents is 1. The summed E-state index contributed by atoms with van der Waals surface area (Å²) < 4.78 is 11.1. The number of carboxylic acids is 1. The number of allylic oxidation sites excluding steroid dienone is 1. The lowest BCUT2D eigenvalue weighted by Gasteiger charge is -2.66. The molecule has 3 aromatic rings. The predicted octanol–water partition coefficient (Wildman–Crippen LogP) is 6.36. The van der Waals surface area contributed by atoms with Gasteiger partial charge in [0.25, 0.3) is 5.69 Å². The quantitative estimate of drug-likeness (QED) is 0.0684. The zero-order valence-corrected chi connectivity index (χ0v) is 25.2. The van der Waals surface area contributed by atoms with Gasteiger partial charge in [-0.1, -0.05) is 98.2 Å². The van der Waals surface area contributed by atoms with Gasteiger partial charge in [0.1, 0.15) is 23.8 Å². The van der Waals surface area contributed by atoms with Gasteiger partial charge in [0.05, 0.1) is 4.92 Å². The third-order valence-corrected chi connectivity index (χ3v) is 11.4. The van der Waals surface area contributed by atoms with Gasteiger partial charge in [0.15, 0.2) is 4.87 Å². The van der Waals surface area contributed by atoms with Crippen LogP contribution in [0.5, 0.6) is 0 Å². The summed E-state index contributed by atoms with van der Waals surface area (Å²) >= 11 is 3.36. The molecule has 0 aliphatic carbocycles. The SMILES string of the molecule is C[C@@H](OC(=O)OCc1ccc([N+](=O)[O-])cc1)[C@@]1(c2ccccc2)C(=O)N2C(C(=O)O)=C(CBr)SS[C@@]21c1ccccc1. The van der Waals surface area contributed by atoms with Crippen LogP contribution in [0.3, 0.4) is 0 Å². The number of non-ortho nitro benzene ring substituents is 1. The van der Waals surface area contributed by atoms with E-state index in [0.29, 0.717) is 21.6 Å². The molecule has 0 unspecified atom stereocenters. The molecule has 1 fully saturated rings. The maximum Gasteiger partial charge on any atom is 0.508 e. The third kappa shape index (κ3) is 4.65. The Kier molecular flexibility index (Phi) is 8.35. The van der Waals surface area contributed by atoms with Crippen molar-refractivity contribution >= 4 is 61.2 Å². The summed E-state index contributed by atoms with van der Waals surface area (Å²) in [7, 11) is 2.58. The highest BCUT2D eigenvalue weighted by atomic mass is 79.9. The molecule has 0 saturated carbocycles. The summed E-state index contributed by atoms with van der Waals surface area (Å²) in [5, 5.41) is 21.4. The Bertz CT molecular complexity index is 1570. The van der Waals surface area contributed by atoms with E-state index in [0.717, 1.165) is 0 Å². The van der Waals surface area contributed by atoms with E-state index in [-0.39, 0.29) is 23.3 Å². The van der Waals surface area contributed by atoms with Crippen LogP contribution >= 0.6 is 37.5 Å². The third-order valence-electron chi connectivity index (χ3n) is 7.25. The number of carboxylic acid groups (broad SMARTS) is 1. The second-order valence-electron chi connectivity index (χ2n) is 9.42. The van der Waals surface area contributed by atoms with Crippen molar-refractivity contribution in [2.75, 3.05) is 5.33 Å². The van der Waals surface area contributed by atoms with E-state index in [1.54, 1.807) is 49.4 Å². The van der Waals surface area contributed by atoms with Crippen molar-refractivity contribution < 1.29 is 33.9 Å². The summed E-state index contributed by atoms with van der Waals surface area (Å²) in [6, 6.07) is 23.5. The first-order chi connectivity index (χ1) is 20.2. The zero-order chi connectivity index (χ0) is 30.1. The first-order valence-electron chi connectivity index (χ1n) is 12.6. The topological polar surface area (TPSA) is 136 Å². The molecule has 42 heavy (non-hydrogen) atoms. The summed E-state index contributed by atoms with van der Waals surface area (Å²) in [4.78, 5) is 50.9. The number of fused-ring (bicyclic) bond motifs is 1. The minimum atomic E-state index is -1.53. The Morgan fingerprint density at radius 2 is 1.62 bits per heavy atom. The number of alkyl halides is 1. The van der Waals surface area contributed by atoms with Crippen LogP contribution in [0.15, 0.2) is 95.5 Å². The Hall–Kier alpha value is -3.81. The number of carbonyl (C=O) groups excluding carboxylic acids is 2. The van der Waals surface area contributed by atoms with Gasteiger partial charge in [0, 0.05) is 22.4 Å². The van der Waals surface area contributed by atoms with Crippen molar-refractivity contribution in [3.05, 3.63) is 122 Å².